The molecule has 0 unspecified atom stereocenters. The number of ether oxygens (including phenoxy) is 3. The van der Waals surface area contributed by atoms with Gasteiger partial charge in [0.05, 0.1) is 19.8 Å². The summed E-state index contributed by atoms with van der Waals surface area (Å²) < 4.78 is 15.6. The fourth-order valence-corrected chi connectivity index (χ4v) is 2.85. The molecule has 0 spiro atoms. The Bertz CT molecular complexity index is 745. The van der Waals surface area contributed by atoms with Crippen LogP contribution in [0.3, 0.4) is 0 Å². The minimum atomic E-state index is -0.607. The van der Waals surface area contributed by atoms with Crippen LogP contribution in [0.15, 0.2) is 54.6 Å². The molecule has 1 heterocycles. The van der Waals surface area contributed by atoms with Crippen molar-refractivity contribution in [1.29, 1.82) is 0 Å². The lowest BCUT2D eigenvalue weighted by Gasteiger charge is -2.19. The summed E-state index contributed by atoms with van der Waals surface area (Å²) in [5.41, 5.74) is 1.97. The molecule has 1 atom stereocenters. The number of rotatable bonds is 7. The number of nitrogens with zero attached hydrogens (tertiary/aromatic N) is 1. The van der Waals surface area contributed by atoms with Crippen molar-refractivity contribution in [2.45, 2.75) is 19.1 Å². The highest BCUT2D eigenvalue weighted by molar-refractivity contribution is 5.94. The van der Waals surface area contributed by atoms with Crippen LogP contribution in [0.1, 0.15) is 11.1 Å². The quantitative estimate of drug-likeness (QED) is 0.764. The van der Waals surface area contributed by atoms with E-state index >= 15 is 0 Å². The largest absolute Gasteiger partial charge is 0.497 e. The lowest BCUT2D eigenvalue weighted by Crippen LogP contribution is -2.42. The molecule has 2 amide bonds. The molecule has 6 nitrogen and oxygen atoms in total. The van der Waals surface area contributed by atoms with E-state index in [0.717, 1.165) is 16.9 Å². The third-order valence-electron chi connectivity index (χ3n) is 4.20. The monoisotopic (exact) mass is 355 g/mol. The lowest BCUT2D eigenvalue weighted by atomic mass is 10.1. The zero-order chi connectivity index (χ0) is 18.4. The van der Waals surface area contributed by atoms with Crippen LogP contribution in [0.5, 0.6) is 5.75 Å². The molecular weight excluding hydrogens is 334 g/mol. The van der Waals surface area contributed by atoms with Gasteiger partial charge in [-0.2, -0.15) is 0 Å². The molecule has 0 saturated carbocycles. The van der Waals surface area contributed by atoms with E-state index in [2.05, 4.69) is 0 Å². The van der Waals surface area contributed by atoms with Gasteiger partial charge in [0.15, 0.2) is 0 Å². The van der Waals surface area contributed by atoms with Crippen LogP contribution < -0.4 is 4.74 Å². The maximum Gasteiger partial charge on any atom is 0.417 e. The Kier molecular flexibility index (Phi) is 5.86. The first-order valence-corrected chi connectivity index (χ1v) is 8.41. The number of methoxy groups -OCH3 is 1. The number of hydrogen-bond donors (Lipinski definition) is 0. The Hall–Kier alpha value is -2.86. The summed E-state index contributed by atoms with van der Waals surface area (Å²) in [6.07, 6.45) is -0.0412. The SMILES string of the molecule is COc1ccc(COCC(=O)N2C(=O)OC[C@H]2Cc2ccccc2)cc1. The van der Waals surface area contributed by atoms with Crippen LogP contribution in [-0.4, -0.2) is 43.3 Å². The summed E-state index contributed by atoms with van der Waals surface area (Å²) in [6.45, 7) is 0.312. The van der Waals surface area contributed by atoms with Gasteiger partial charge in [-0.15, -0.1) is 0 Å². The van der Waals surface area contributed by atoms with E-state index in [1.54, 1.807) is 7.11 Å². The van der Waals surface area contributed by atoms with E-state index in [9.17, 15) is 9.59 Å². The number of benzene rings is 2. The van der Waals surface area contributed by atoms with Gasteiger partial charge in [0, 0.05) is 0 Å². The summed E-state index contributed by atoms with van der Waals surface area (Å²) in [5, 5.41) is 0. The van der Waals surface area contributed by atoms with Crippen molar-refractivity contribution in [3.63, 3.8) is 0 Å². The Morgan fingerprint density at radius 1 is 1.12 bits per heavy atom. The number of cyclic esters (lactones) is 1. The highest BCUT2D eigenvalue weighted by atomic mass is 16.6. The average molecular weight is 355 g/mol. The zero-order valence-electron chi connectivity index (χ0n) is 14.6. The molecule has 26 heavy (non-hydrogen) atoms. The maximum atomic E-state index is 12.4. The van der Waals surface area contributed by atoms with Gasteiger partial charge in [-0.05, 0) is 29.7 Å². The van der Waals surface area contributed by atoms with E-state index in [1.807, 2.05) is 54.6 Å². The summed E-state index contributed by atoms with van der Waals surface area (Å²) in [7, 11) is 1.60. The van der Waals surface area contributed by atoms with Crippen LogP contribution in [-0.2, 0) is 27.3 Å². The molecule has 1 fully saturated rings. The molecule has 0 bridgehead atoms. The lowest BCUT2D eigenvalue weighted by molar-refractivity contribution is -0.134. The summed E-state index contributed by atoms with van der Waals surface area (Å²) >= 11 is 0. The molecule has 0 N–H and O–H groups in total. The number of imide groups is 1. The maximum absolute atomic E-state index is 12.4. The van der Waals surface area contributed by atoms with Crippen LogP contribution in [0.25, 0.3) is 0 Å². The van der Waals surface area contributed by atoms with Crippen LogP contribution in [0.2, 0.25) is 0 Å². The van der Waals surface area contributed by atoms with Crippen LogP contribution >= 0.6 is 0 Å². The molecule has 0 aliphatic carbocycles. The van der Waals surface area contributed by atoms with Gasteiger partial charge in [0.2, 0.25) is 0 Å². The first kappa shape index (κ1) is 17.9. The van der Waals surface area contributed by atoms with Gasteiger partial charge in [-0.25, -0.2) is 9.69 Å². The van der Waals surface area contributed by atoms with E-state index in [0.29, 0.717) is 6.42 Å². The van der Waals surface area contributed by atoms with E-state index in [-0.39, 0.29) is 31.8 Å². The smallest absolute Gasteiger partial charge is 0.417 e. The first-order valence-electron chi connectivity index (χ1n) is 8.41. The van der Waals surface area contributed by atoms with Crippen LogP contribution in [0.4, 0.5) is 4.79 Å². The summed E-state index contributed by atoms with van der Waals surface area (Å²) in [6, 6.07) is 16.8. The second kappa shape index (κ2) is 8.49. The van der Waals surface area contributed by atoms with E-state index in [1.165, 1.54) is 4.90 Å². The highest BCUT2D eigenvalue weighted by Gasteiger charge is 2.37. The van der Waals surface area contributed by atoms with Crippen molar-refractivity contribution in [2.24, 2.45) is 0 Å². The molecule has 0 radical (unpaired) electrons. The third kappa shape index (κ3) is 4.40. The average Bonchev–Trinajstić information content (AvgIpc) is 3.03. The Labute approximate surface area is 152 Å². The van der Waals surface area contributed by atoms with Crippen molar-refractivity contribution in [2.75, 3.05) is 20.3 Å². The van der Waals surface area contributed by atoms with Crippen molar-refractivity contribution in [1.82, 2.24) is 4.90 Å². The van der Waals surface area contributed by atoms with E-state index in [4.69, 9.17) is 14.2 Å². The standard InChI is InChI=1S/C20H21NO5/c1-24-18-9-7-16(8-10-18)12-25-14-19(22)21-17(13-26-20(21)23)11-15-5-3-2-4-6-15/h2-10,17H,11-14H2,1H3/t17-/m1/s1. The molecule has 2 aromatic carbocycles. The predicted molar refractivity (Wildman–Crippen MR) is 94.8 cm³/mol. The number of hydrogen-bond acceptors (Lipinski definition) is 5. The number of carbonyl (C=O) groups is 2. The van der Waals surface area contributed by atoms with Crippen molar-refractivity contribution in [3.8, 4) is 5.75 Å². The summed E-state index contributed by atoms with van der Waals surface area (Å²) in [4.78, 5) is 25.5. The zero-order valence-corrected chi connectivity index (χ0v) is 14.6. The molecular formula is C20H21NO5. The predicted octanol–water partition coefficient (Wildman–Crippen LogP) is 2.80. The van der Waals surface area contributed by atoms with Gasteiger partial charge in [0.1, 0.15) is 19.0 Å². The van der Waals surface area contributed by atoms with Gasteiger partial charge < -0.3 is 14.2 Å². The topological polar surface area (TPSA) is 65.1 Å². The second-order valence-corrected chi connectivity index (χ2v) is 6.03. The molecule has 3 rings (SSSR count). The summed E-state index contributed by atoms with van der Waals surface area (Å²) in [5.74, 6) is 0.371. The number of carbonyl (C=O) groups excluding carboxylic acids is 2. The molecule has 1 saturated heterocycles. The fraction of sp³-hybridized carbons (Fsp3) is 0.300. The van der Waals surface area contributed by atoms with Gasteiger partial charge in [-0.3, -0.25) is 4.79 Å². The van der Waals surface area contributed by atoms with Gasteiger partial charge >= 0.3 is 6.09 Å². The number of amides is 2. The van der Waals surface area contributed by atoms with Crippen LogP contribution in [0, 0.1) is 0 Å². The first-order chi connectivity index (χ1) is 12.7. The molecule has 1 aliphatic rings. The van der Waals surface area contributed by atoms with Crippen molar-refractivity contribution >= 4 is 12.0 Å². The normalized spacial score (nSPS) is 16.4. The Morgan fingerprint density at radius 3 is 2.54 bits per heavy atom. The molecule has 2 aromatic rings. The third-order valence-corrected chi connectivity index (χ3v) is 4.20. The highest BCUT2D eigenvalue weighted by Crippen LogP contribution is 2.18. The Morgan fingerprint density at radius 2 is 1.85 bits per heavy atom. The Balaban J connectivity index is 1.53. The van der Waals surface area contributed by atoms with Crippen molar-refractivity contribution in [3.05, 3.63) is 65.7 Å². The molecule has 136 valence electrons. The van der Waals surface area contributed by atoms with Crippen molar-refractivity contribution < 1.29 is 23.8 Å². The fourth-order valence-electron chi connectivity index (χ4n) is 2.85. The van der Waals surface area contributed by atoms with E-state index < -0.39 is 6.09 Å². The molecule has 6 heteroatoms. The van der Waals surface area contributed by atoms with Gasteiger partial charge in [-0.1, -0.05) is 42.5 Å². The minimum Gasteiger partial charge on any atom is -0.497 e. The van der Waals surface area contributed by atoms with Gasteiger partial charge in [0.25, 0.3) is 5.91 Å². The second-order valence-electron chi connectivity index (χ2n) is 6.03. The molecule has 1 aliphatic heterocycles. The minimum absolute atomic E-state index is 0.174. The molecule has 0 aromatic heterocycles.